The lowest BCUT2D eigenvalue weighted by Gasteiger charge is -2.19. The molecule has 3 rings (SSSR count). The monoisotopic (exact) mass is 268 g/mol. The number of aliphatic hydroxyl groups is 1. The van der Waals surface area contributed by atoms with Crippen molar-refractivity contribution in [3.8, 4) is 0 Å². The highest BCUT2D eigenvalue weighted by Gasteiger charge is 2.24. The molecule has 2 aromatic heterocycles. The molecule has 20 heavy (non-hydrogen) atoms. The number of furan rings is 1. The van der Waals surface area contributed by atoms with Crippen LogP contribution < -0.4 is 5.73 Å². The summed E-state index contributed by atoms with van der Waals surface area (Å²) >= 11 is 0. The van der Waals surface area contributed by atoms with E-state index in [4.69, 9.17) is 10.2 Å². The molecule has 0 aliphatic carbocycles. The molecule has 1 aromatic carbocycles. The van der Waals surface area contributed by atoms with E-state index in [9.17, 15) is 5.11 Å². The summed E-state index contributed by atoms with van der Waals surface area (Å²) in [7, 11) is 0. The molecule has 0 fully saturated rings. The largest absolute Gasteiger partial charge is 0.458 e. The summed E-state index contributed by atoms with van der Waals surface area (Å²) in [6.07, 6.45) is 2.64. The summed E-state index contributed by atoms with van der Waals surface area (Å²) in [5.74, 6) is 0.301. The molecule has 0 saturated carbocycles. The van der Waals surface area contributed by atoms with Crippen molar-refractivity contribution < 1.29 is 9.52 Å². The average molecular weight is 268 g/mol. The fourth-order valence-electron chi connectivity index (χ4n) is 2.39. The third-order valence-corrected chi connectivity index (χ3v) is 3.48. The van der Waals surface area contributed by atoms with Gasteiger partial charge in [0.05, 0.1) is 0 Å². The minimum Gasteiger partial charge on any atom is -0.458 e. The van der Waals surface area contributed by atoms with Gasteiger partial charge in [0, 0.05) is 30.2 Å². The molecule has 4 nitrogen and oxygen atoms in total. The number of pyridine rings is 1. The topological polar surface area (TPSA) is 72.3 Å². The fourth-order valence-corrected chi connectivity index (χ4v) is 2.39. The Bertz CT molecular complexity index is 661. The average Bonchev–Trinajstić information content (AvgIpc) is 2.93. The van der Waals surface area contributed by atoms with Crippen molar-refractivity contribution in [1.29, 1.82) is 0 Å². The zero-order chi connectivity index (χ0) is 13.9. The van der Waals surface area contributed by atoms with E-state index in [1.54, 1.807) is 12.4 Å². The van der Waals surface area contributed by atoms with Crippen molar-refractivity contribution >= 4 is 11.0 Å². The van der Waals surface area contributed by atoms with Gasteiger partial charge < -0.3 is 15.3 Å². The van der Waals surface area contributed by atoms with Crippen LogP contribution in [0.1, 0.15) is 23.3 Å². The van der Waals surface area contributed by atoms with Crippen molar-refractivity contribution in [3.05, 3.63) is 66.2 Å². The second kappa shape index (κ2) is 5.45. The summed E-state index contributed by atoms with van der Waals surface area (Å²) in [5, 5.41) is 11.5. The lowest BCUT2D eigenvalue weighted by Crippen LogP contribution is -2.20. The van der Waals surface area contributed by atoms with E-state index in [1.807, 2.05) is 42.5 Å². The zero-order valence-corrected chi connectivity index (χ0v) is 10.9. The highest BCUT2D eigenvalue weighted by Crippen LogP contribution is 2.33. The summed E-state index contributed by atoms with van der Waals surface area (Å²) < 4.78 is 5.71. The summed E-state index contributed by atoms with van der Waals surface area (Å²) in [6.45, 7) is 0.323. The number of fused-ring (bicyclic) bond motifs is 1. The highest BCUT2D eigenvalue weighted by molar-refractivity contribution is 5.77. The molecule has 0 saturated heterocycles. The Morgan fingerprint density at radius 2 is 2.05 bits per heavy atom. The minimum atomic E-state index is -0.781. The van der Waals surface area contributed by atoms with Gasteiger partial charge in [0.15, 0.2) is 0 Å². The number of nitrogens with two attached hydrogens (primary N) is 1. The van der Waals surface area contributed by atoms with Gasteiger partial charge >= 0.3 is 0 Å². The number of aliphatic hydroxyl groups excluding tert-OH is 1. The molecule has 102 valence electrons. The number of benzene rings is 1. The van der Waals surface area contributed by atoms with E-state index in [1.165, 1.54) is 0 Å². The van der Waals surface area contributed by atoms with Crippen LogP contribution in [0.3, 0.4) is 0 Å². The van der Waals surface area contributed by atoms with Crippen LogP contribution in [0.15, 0.2) is 59.3 Å². The third-order valence-electron chi connectivity index (χ3n) is 3.48. The molecular weight excluding hydrogens is 252 g/mol. The van der Waals surface area contributed by atoms with E-state index >= 15 is 0 Å². The first-order chi connectivity index (χ1) is 9.79. The fraction of sp³-hybridized carbons (Fsp3) is 0.188. The Balaban J connectivity index is 1.95. The second-order valence-corrected chi connectivity index (χ2v) is 4.76. The van der Waals surface area contributed by atoms with Crippen LogP contribution in [0, 0.1) is 0 Å². The Morgan fingerprint density at radius 3 is 2.75 bits per heavy atom. The summed E-state index contributed by atoms with van der Waals surface area (Å²) in [4.78, 5) is 4.08. The van der Waals surface area contributed by atoms with Crippen LogP contribution in [0.4, 0.5) is 0 Å². The first kappa shape index (κ1) is 12.8. The predicted molar refractivity (Wildman–Crippen MR) is 77.2 cm³/mol. The first-order valence-electron chi connectivity index (χ1n) is 6.56. The van der Waals surface area contributed by atoms with E-state index in [0.29, 0.717) is 12.3 Å². The number of hydrogen-bond acceptors (Lipinski definition) is 4. The normalized spacial score (nSPS) is 14.3. The van der Waals surface area contributed by atoms with Crippen molar-refractivity contribution in [2.45, 2.75) is 12.0 Å². The van der Waals surface area contributed by atoms with E-state index in [-0.39, 0.29) is 5.92 Å². The molecule has 2 unspecified atom stereocenters. The van der Waals surface area contributed by atoms with Crippen molar-refractivity contribution in [2.75, 3.05) is 6.54 Å². The van der Waals surface area contributed by atoms with Crippen LogP contribution in [-0.2, 0) is 0 Å². The molecule has 3 N–H and O–H groups in total. The number of hydrogen-bond donors (Lipinski definition) is 2. The van der Waals surface area contributed by atoms with Crippen LogP contribution in [-0.4, -0.2) is 16.6 Å². The van der Waals surface area contributed by atoms with Crippen LogP contribution in [0.5, 0.6) is 0 Å². The quantitative estimate of drug-likeness (QED) is 0.763. The summed E-state index contributed by atoms with van der Waals surface area (Å²) in [5.41, 5.74) is 7.48. The Hall–Kier alpha value is -2.17. The molecule has 2 heterocycles. The van der Waals surface area contributed by atoms with Crippen LogP contribution >= 0.6 is 0 Å². The van der Waals surface area contributed by atoms with Crippen LogP contribution in [0.2, 0.25) is 0 Å². The molecule has 0 bridgehead atoms. The van der Waals surface area contributed by atoms with Gasteiger partial charge in [-0.3, -0.25) is 4.98 Å². The Kier molecular flexibility index (Phi) is 3.50. The number of aromatic nitrogens is 1. The molecule has 0 spiro atoms. The third kappa shape index (κ3) is 2.31. The van der Waals surface area contributed by atoms with Gasteiger partial charge in [-0.25, -0.2) is 0 Å². The maximum Gasteiger partial charge on any atom is 0.134 e. The smallest absolute Gasteiger partial charge is 0.134 e. The van der Waals surface area contributed by atoms with Gasteiger partial charge in [-0.05, 0) is 23.8 Å². The van der Waals surface area contributed by atoms with Gasteiger partial charge in [-0.1, -0.05) is 24.3 Å². The van der Waals surface area contributed by atoms with E-state index in [2.05, 4.69) is 4.98 Å². The molecule has 0 radical (unpaired) electrons. The highest BCUT2D eigenvalue weighted by atomic mass is 16.4. The first-order valence-corrected chi connectivity index (χ1v) is 6.56. The molecule has 4 heteroatoms. The number of nitrogens with zero attached hydrogens (tertiary/aromatic N) is 1. The number of rotatable bonds is 4. The van der Waals surface area contributed by atoms with E-state index in [0.717, 1.165) is 16.5 Å². The van der Waals surface area contributed by atoms with Gasteiger partial charge in [-0.2, -0.15) is 0 Å². The lowest BCUT2D eigenvalue weighted by atomic mass is 9.93. The maximum atomic E-state index is 10.5. The second-order valence-electron chi connectivity index (χ2n) is 4.76. The van der Waals surface area contributed by atoms with Gasteiger partial charge in [-0.15, -0.1) is 0 Å². The van der Waals surface area contributed by atoms with Gasteiger partial charge in [0.2, 0.25) is 0 Å². The van der Waals surface area contributed by atoms with Crippen LogP contribution in [0.25, 0.3) is 11.0 Å². The maximum absolute atomic E-state index is 10.5. The van der Waals surface area contributed by atoms with Crippen molar-refractivity contribution in [1.82, 2.24) is 4.98 Å². The molecular formula is C16H16N2O2. The Morgan fingerprint density at radius 1 is 1.20 bits per heavy atom. The number of para-hydroxylation sites is 1. The molecule has 3 aromatic rings. The van der Waals surface area contributed by atoms with Crippen molar-refractivity contribution in [3.63, 3.8) is 0 Å². The van der Waals surface area contributed by atoms with Gasteiger partial charge in [0.25, 0.3) is 0 Å². The van der Waals surface area contributed by atoms with E-state index < -0.39 is 6.10 Å². The summed E-state index contributed by atoms with van der Waals surface area (Å²) in [6, 6.07) is 13.3. The standard InChI is InChI=1S/C16H16N2O2/c17-9-13(12-5-3-7-18-10-12)16(19)15-8-11-4-1-2-6-14(11)20-15/h1-8,10,13,16,19H,9,17H2. The SMILES string of the molecule is NCC(c1cccnc1)C(O)c1cc2ccccc2o1. The predicted octanol–water partition coefficient (Wildman–Crippen LogP) is 2.60. The minimum absolute atomic E-state index is 0.232. The zero-order valence-electron chi connectivity index (χ0n) is 10.9. The molecule has 0 aliphatic rings. The molecule has 2 atom stereocenters. The lowest BCUT2D eigenvalue weighted by molar-refractivity contribution is 0.124. The van der Waals surface area contributed by atoms with Crippen molar-refractivity contribution in [2.24, 2.45) is 5.73 Å². The van der Waals surface area contributed by atoms with Gasteiger partial charge in [0.1, 0.15) is 17.4 Å². The molecule has 0 aliphatic heterocycles. The molecule has 0 amide bonds. The Labute approximate surface area is 116 Å².